The SMILES string of the molecule is NC(=Nc1c(Cl)cccc1Cl)Nc1cccc(O)c1. The molecule has 2 rings (SSSR count). The second-order valence-corrected chi connectivity index (χ2v) is 4.56. The molecule has 2 aromatic rings. The number of aliphatic imine (C=N–C) groups is 1. The van der Waals surface area contributed by atoms with Crippen molar-refractivity contribution < 1.29 is 5.11 Å². The molecule has 0 bridgehead atoms. The first-order chi connectivity index (χ1) is 9.06. The van der Waals surface area contributed by atoms with Gasteiger partial charge in [0.05, 0.1) is 10.0 Å². The summed E-state index contributed by atoms with van der Waals surface area (Å²) in [6, 6.07) is 11.6. The average Bonchev–Trinajstić information content (AvgIpc) is 2.34. The molecule has 6 heteroatoms. The lowest BCUT2D eigenvalue weighted by atomic mass is 10.3. The minimum Gasteiger partial charge on any atom is -0.508 e. The van der Waals surface area contributed by atoms with Gasteiger partial charge in [-0.3, -0.25) is 0 Å². The Bertz CT molecular complexity index is 609. The number of rotatable bonds is 2. The van der Waals surface area contributed by atoms with Crippen LogP contribution in [0, 0.1) is 0 Å². The first-order valence-corrected chi connectivity index (χ1v) is 6.16. The van der Waals surface area contributed by atoms with Gasteiger partial charge in [0.25, 0.3) is 0 Å². The Morgan fingerprint density at radius 3 is 2.37 bits per heavy atom. The van der Waals surface area contributed by atoms with Crippen LogP contribution in [0.5, 0.6) is 5.75 Å². The number of phenolic OH excluding ortho intramolecular Hbond substituents is 1. The highest BCUT2D eigenvalue weighted by Gasteiger charge is 2.05. The van der Waals surface area contributed by atoms with E-state index < -0.39 is 0 Å². The fourth-order valence-corrected chi connectivity index (χ4v) is 1.96. The lowest BCUT2D eigenvalue weighted by Gasteiger charge is -2.07. The number of hydrogen-bond acceptors (Lipinski definition) is 2. The van der Waals surface area contributed by atoms with Gasteiger partial charge in [0.2, 0.25) is 0 Å². The Labute approximate surface area is 120 Å². The van der Waals surface area contributed by atoms with Gasteiger partial charge in [-0.25, -0.2) is 4.99 Å². The van der Waals surface area contributed by atoms with Gasteiger partial charge in [0.1, 0.15) is 11.4 Å². The third-order valence-electron chi connectivity index (χ3n) is 2.29. The van der Waals surface area contributed by atoms with E-state index in [0.29, 0.717) is 21.4 Å². The molecular weight excluding hydrogens is 285 g/mol. The fourth-order valence-electron chi connectivity index (χ4n) is 1.48. The lowest BCUT2D eigenvalue weighted by molar-refractivity contribution is 0.475. The van der Waals surface area contributed by atoms with Crippen LogP contribution in [0.3, 0.4) is 0 Å². The van der Waals surface area contributed by atoms with Crippen LogP contribution in [0.25, 0.3) is 0 Å². The number of aromatic hydroxyl groups is 1. The molecule has 0 spiro atoms. The number of anilines is 1. The van der Waals surface area contributed by atoms with E-state index in [4.69, 9.17) is 28.9 Å². The van der Waals surface area contributed by atoms with Crippen molar-refractivity contribution in [2.75, 3.05) is 5.32 Å². The Morgan fingerprint density at radius 2 is 1.74 bits per heavy atom. The highest BCUT2D eigenvalue weighted by Crippen LogP contribution is 2.32. The first kappa shape index (κ1) is 13.5. The third kappa shape index (κ3) is 3.53. The second-order valence-electron chi connectivity index (χ2n) is 3.74. The van der Waals surface area contributed by atoms with E-state index >= 15 is 0 Å². The predicted octanol–water partition coefficient (Wildman–Crippen LogP) is 3.76. The molecule has 0 saturated heterocycles. The number of halogens is 2. The summed E-state index contributed by atoms with van der Waals surface area (Å²) >= 11 is 12.0. The molecule has 0 radical (unpaired) electrons. The first-order valence-electron chi connectivity index (χ1n) is 5.40. The molecule has 0 fully saturated rings. The molecule has 98 valence electrons. The van der Waals surface area contributed by atoms with Crippen LogP contribution in [0.1, 0.15) is 0 Å². The molecule has 0 aliphatic heterocycles. The molecule has 0 aliphatic rings. The van der Waals surface area contributed by atoms with Crippen LogP contribution in [0.2, 0.25) is 10.0 Å². The summed E-state index contributed by atoms with van der Waals surface area (Å²) in [5.41, 5.74) is 6.78. The van der Waals surface area contributed by atoms with Crippen molar-refractivity contribution in [3.63, 3.8) is 0 Å². The molecule has 0 saturated carbocycles. The van der Waals surface area contributed by atoms with Crippen LogP contribution in [0.4, 0.5) is 11.4 Å². The molecule has 0 heterocycles. The largest absolute Gasteiger partial charge is 0.508 e. The summed E-state index contributed by atoms with van der Waals surface area (Å²) in [6.45, 7) is 0. The number of nitrogens with one attached hydrogen (secondary N) is 1. The lowest BCUT2D eigenvalue weighted by Crippen LogP contribution is -2.21. The van der Waals surface area contributed by atoms with Gasteiger partial charge >= 0.3 is 0 Å². The van der Waals surface area contributed by atoms with Crippen molar-refractivity contribution in [3.8, 4) is 5.75 Å². The van der Waals surface area contributed by atoms with Crippen molar-refractivity contribution in [3.05, 3.63) is 52.5 Å². The van der Waals surface area contributed by atoms with Crippen LogP contribution >= 0.6 is 23.2 Å². The van der Waals surface area contributed by atoms with E-state index in [9.17, 15) is 5.11 Å². The number of benzene rings is 2. The number of guanidine groups is 1. The minimum atomic E-state index is 0.126. The maximum atomic E-state index is 9.34. The maximum Gasteiger partial charge on any atom is 0.198 e. The van der Waals surface area contributed by atoms with E-state index in [-0.39, 0.29) is 11.7 Å². The summed E-state index contributed by atoms with van der Waals surface area (Å²) in [5.74, 6) is 0.258. The summed E-state index contributed by atoms with van der Waals surface area (Å²) in [6.07, 6.45) is 0. The maximum absolute atomic E-state index is 9.34. The predicted molar refractivity (Wildman–Crippen MR) is 79.5 cm³/mol. The zero-order valence-corrected chi connectivity index (χ0v) is 11.3. The molecule has 0 amide bonds. The topological polar surface area (TPSA) is 70.6 Å². The number of nitrogens with zero attached hydrogens (tertiary/aromatic N) is 1. The van der Waals surface area contributed by atoms with E-state index in [2.05, 4.69) is 10.3 Å². The minimum absolute atomic E-state index is 0.126. The highest BCUT2D eigenvalue weighted by atomic mass is 35.5. The summed E-state index contributed by atoms with van der Waals surface area (Å²) < 4.78 is 0. The summed E-state index contributed by atoms with van der Waals surface area (Å²) in [5, 5.41) is 13.0. The Morgan fingerprint density at radius 1 is 1.11 bits per heavy atom. The zero-order chi connectivity index (χ0) is 13.8. The van der Waals surface area contributed by atoms with E-state index in [0.717, 1.165) is 0 Å². The quantitative estimate of drug-likeness (QED) is 0.583. The molecule has 4 N–H and O–H groups in total. The zero-order valence-electron chi connectivity index (χ0n) is 9.77. The van der Waals surface area contributed by atoms with E-state index in [1.54, 1.807) is 36.4 Å². The average molecular weight is 296 g/mol. The van der Waals surface area contributed by atoms with Crippen molar-refractivity contribution in [2.24, 2.45) is 10.7 Å². The smallest absolute Gasteiger partial charge is 0.198 e. The standard InChI is InChI=1S/C13H11Cl2N3O/c14-10-5-2-6-11(15)12(10)18-13(16)17-8-3-1-4-9(19)7-8/h1-7,19H,(H3,16,17,18). The molecule has 0 unspecified atom stereocenters. The van der Waals surface area contributed by atoms with E-state index in [1.165, 1.54) is 6.07 Å². The molecule has 0 atom stereocenters. The molecule has 4 nitrogen and oxygen atoms in total. The van der Waals surface area contributed by atoms with Gasteiger partial charge in [-0.05, 0) is 24.3 Å². The number of nitrogens with two attached hydrogens (primary N) is 1. The Balaban J connectivity index is 2.24. The van der Waals surface area contributed by atoms with Gasteiger partial charge in [0, 0.05) is 11.8 Å². The molecule has 0 aliphatic carbocycles. The summed E-state index contributed by atoms with van der Waals surface area (Å²) in [7, 11) is 0. The molecule has 19 heavy (non-hydrogen) atoms. The van der Waals surface area contributed by atoms with Gasteiger partial charge in [-0.2, -0.15) is 0 Å². The Kier molecular flexibility index (Phi) is 4.14. The second kappa shape index (κ2) is 5.82. The molecule has 2 aromatic carbocycles. The highest BCUT2D eigenvalue weighted by molar-refractivity contribution is 6.38. The van der Waals surface area contributed by atoms with Crippen molar-refractivity contribution in [2.45, 2.75) is 0 Å². The van der Waals surface area contributed by atoms with Crippen molar-refractivity contribution in [1.29, 1.82) is 0 Å². The van der Waals surface area contributed by atoms with Crippen LogP contribution in [-0.4, -0.2) is 11.1 Å². The van der Waals surface area contributed by atoms with Crippen LogP contribution in [-0.2, 0) is 0 Å². The van der Waals surface area contributed by atoms with Gasteiger partial charge < -0.3 is 16.2 Å². The van der Waals surface area contributed by atoms with Crippen molar-refractivity contribution in [1.82, 2.24) is 0 Å². The van der Waals surface area contributed by atoms with Crippen molar-refractivity contribution >= 4 is 40.5 Å². The number of hydrogen-bond donors (Lipinski definition) is 3. The Hall–Kier alpha value is -1.91. The van der Waals surface area contributed by atoms with Gasteiger partial charge in [0.15, 0.2) is 5.96 Å². The van der Waals surface area contributed by atoms with Gasteiger partial charge in [-0.1, -0.05) is 35.3 Å². The van der Waals surface area contributed by atoms with E-state index in [1.807, 2.05) is 0 Å². The van der Waals surface area contributed by atoms with Crippen LogP contribution in [0.15, 0.2) is 47.5 Å². The monoisotopic (exact) mass is 295 g/mol. The van der Waals surface area contributed by atoms with Gasteiger partial charge in [-0.15, -0.1) is 0 Å². The fraction of sp³-hybridized carbons (Fsp3) is 0. The summed E-state index contributed by atoms with van der Waals surface area (Å²) in [4.78, 5) is 4.12. The molecular formula is C13H11Cl2N3O. The third-order valence-corrected chi connectivity index (χ3v) is 2.90. The number of para-hydroxylation sites is 1. The number of phenols is 1. The normalized spacial score (nSPS) is 11.4. The van der Waals surface area contributed by atoms with Crippen LogP contribution < -0.4 is 11.1 Å². The molecule has 0 aromatic heterocycles.